The number of hydrogen-bond donors (Lipinski definition) is 1. The average molecular weight is 384 g/mol. The topological polar surface area (TPSA) is 69.0 Å². The Morgan fingerprint density at radius 1 is 1.00 bits per heavy atom. The molecule has 0 fully saturated rings. The van der Waals surface area contributed by atoms with Crippen LogP contribution in [-0.2, 0) is 0 Å². The zero-order valence-corrected chi connectivity index (χ0v) is 16.2. The van der Waals surface area contributed by atoms with Crippen LogP contribution in [0.4, 0.5) is 11.5 Å². The van der Waals surface area contributed by atoms with Crippen LogP contribution in [-0.4, -0.2) is 20.7 Å². The van der Waals surface area contributed by atoms with Crippen LogP contribution in [0.5, 0.6) is 5.75 Å². The van der Waals surface area contributed by atoms with Crippen molar-refractivity contribution in [3.63, 3.8) is 0 Å². The second-order valence-corrected chi connectivity index (χ2v) is 6.67. The Morgan fingerprint density at radius 2 is 1.76 bits per heavy atom. The van der Waals surface area contributed by atoms with E-state index in [0.717, 1.165) is 28.3 Å². The molecule has 4 rings (SSSR count). The number of pyridine rings is 1. The van der Waals surface area contributed by atoms with Gasteiger partial charge >= 0.3 is 5.97 Å². The van der Waals surface area contributed by atoms with Crippen LogP contribution >= 0.6 is 0 Å². The molecule has 0 aliphatic rings. The van der Waals surface area contributed by atoms with E-state index in [4.69, 9.17) is 4.74 Å². The lowest BCUT2D eigenvalue weighted by Gasteiger charge is -2.12. The van der Waals surface area contributed by atoms with Gasteiger partial charge in [-0.3, -0.25) is 4.98 Å². The van der Waals surface area contributed by atoms with E-state index in [9.17, 15) is 4.79 Å². The third kappa shape index (κ3) is 4.16. The van der Waals surface area contributed by atoms with Crippen LogP contribution in [0.1, 0.15) is 21.5 Å². The highest BCUT2D eigenvalue weighted by atomic mass is 16.5. The summed E-state index contributed by atoms with van der Waals surface area (Å²) in [4.78, 5) is 16.6. The van der Waals surface area contributed by atoms with Crippen molar-refractivity contribution < 1.29 is 9.53 Å². The Balaban J connectivity index is 1.53. The summed E-state index contributed by atoms with van der Waals surface area (Å²) in [5.41, 5.74) is 4.04. The number of aromatic nitrogens is 3. The predicted octanol–water partition coefficient (Wildman–Crippen LogP) is 4.85. The van der Waals surface area contributed by atoms with Crippen molar-refractivity contribution in [1.82, 2.24) is 14.8 Å². The molecule has 0 saturated heterocycles. The molecule has 0 atom stereocenters. The van der Waals surface area contributed by atoms with Crippen molar-refractivity contribution >= 4 is 17.5 Å². The van der Waals surface area contributed by atoms with Crippen LogP contribution in [0.2, 0.25) is 0 Å². The summed E-state index contributed by atoms with van der Waals surface area (Å²) in [5, 5.41) is 7.85. The number of aryl methyl sites for hydroxylation is 2. The first-order chi connectivity index (χ1) is 14.1. The van der Waals surface area contributed by atoms with Gasteiger partial charge in [-0.05, 0) is 61.4 Å². The summed E-state index contributed by atoms with van der Waals surface area (Å²) in [6, 6.07) is 19.1. The quantitative estimate of drug-likeness (QED) is 0.498. The zero-order valence-electron chi connectivity index (χ0n) is 16.2. The lowest BCUT2D eigenvalue weighted by Crippen LogP contribution is -2.12. The molecule has 4 aromatic rings. The predicted molar refractivity (Wildman–Crippen MR) is 112 cm³/mol. The van der Waals surface area contributed by atoms with Gasteiger partial charge in [-0.2, -0.15) is 5.10 Å². The normalized spacial score (nSPS) is 10.6. The third-order valence-electron chi connectivity index (χ3n) is 4.46. The molecule has 0 unspecified atom stereocenters. The van der Waals surface area contributed by atoms with Crippen LogP contribution < -0.4 is 10.1 Å². The second kappa shape index (κ2) is 7.98. The largest absolute Gasteiger partial charge is 0.421 e. The highest BCUT2D eigenvalue weighted by molar-refractivity contribution is 5.94. The monoisotopic (exact) mass is 384 g/mol. The van der Waals surface area contributed by atoms with Gasteiger partial charge in [-0.15, -0.1) is 0 Å². The Bertz CT molecular complexity index is 1120. The molecular formula is C23H20N4O2. The van der Waals surface area contributed by atoms with Crippen molar-refractivity contribution in [1.29, 1.82) is 0 Å². The van der Waals surface area contributed by atoms with E-state index >= 15 is 0 Å². The molecule has 2 aromatic carbocycles. The van der Waals surface area contributed by atoms with Gasteiger partial charge in [-0.25, -0.2) is 9.48 Å². The summed E-state index contributed by atoms with van der Waals surface area (Å²) < 4.78 is 7.24. The molecule has 6 heteroatoms. The van der Waals surface area contributed by atoms with Crippen molar-refractivity contribution in [2.45, 2.75) is 13.8 Å². The first kappa shape index (κ1) is 18.4. The Kier molecular flexibility index (Phi) is 5.07. The van der Waals surface area contributed by atoms with Crippen LogP contribution in [0.15, 0.2) is 79.3 Å². The van der Waals surface area contributed by atoms with Gasteiger partial charge in [0.2, 0.25) is 0 Å². The summed E-state index contributed by atoms with van der Waals surface area (Å²) in [6.45, 7) is 3.78. The minimum atomic E-state index is -0.395. The maximum atomic E-state index is 12.6. The Labute approximate surface area is 168 Å². The molecule has 6 nitrogen and oxygen atoms in total. The third-order valence-corrected chi connectivity index (χ3v) is 4.46. The Hall–Kier alpha value is -3.93. The zero-order chi connectivity index (χ0) is 20.2. The molecule has 2 aromatic heterocycles. The number of esters is 1. The van der Waals surface area contributed by atoms with E-state index in [2.05, 4.69) is 15.4 Å². The van der Waals surface area contributed by atoms with Crippen LogP contribution in [0.3, 0.4) is 0 Å². The molecule has 1 N–H and O–H groups in total. The summed E-state index contributed by atoms with van der Waals surface area (Å²) >= 11 is 0. The minimum Gasteiger partial charge on any atom is -0.421 e. The van der Waals surface area contributed by atoms with E-state index in [-0.39, 0.29) is 0 Å². The number of anilines is 2. The lowest BCUT2D eigenvalue weighted by atomic mass is 10.0. The van der Waals surface area contributed by atoms with E-state index in [1.807, 2.05) is 73.3 Å². The van der Waals surface area contributed by atoms with Crippen molar-refractivity contribution in [3.8, 4) is 11.4 Å². The molecule has 0 bridgehead atoms. The number of nitrogens with zero attached hydrogens (tertiary/aromatic N) is 3. The van der Waals surface area contributed by atoms with Gasteiger partial charge in [0.15, 0.2) is 5.82 Å². The number of hydrogen-bond acceptors (Lipinski definition) is 5. The molecule has 2 heterocycles. The standard InChI is InChI=1S/C23H20N4O2/c1-16-13-18(25-21-10-12-27(26-21)19-7-4-3-5-8-19)14-17(2)22(16)23(28)29-20-9-6-11-24-15-20/h3-15H,1-2H3,(H,25,26). The van der Waals surface area contributed by atoms with Crippen LogP contribution in [0, 0.1) is 13.8 Å². The van der Waals surface area contributed by atoms with Gasteiger partial charge in [0, 0.05) is 24.1 Å². The fraction of sp³-hybridized carbons (Fsp3) is 0.0870. The molecule has 0 radical (unpaired) electrons. The van der Waals surface area contributed by atoms with E-state index in [1.165, 1.54) is 6.20 Å². The van der Waals surface area contributed by atoms with Gasteiger partial charge in [0.25, 0.3) is 0 Å². The van der Waals surface area contributed by atoms with E-state index in [0.29, 0.717) is 11.3 Å². The molecular weight excluding hydrogens is 364 g/mol. The Morgan fingerprint density at radius 3 is 2.45 bits per heavy atom. The average Bonchev–Trinajstić information content (AvgIpc) is 3.17. The maximum Gasteiger partial charge on any atom is 0.344 e. The lowest BCUT2D eigenvalue weighted by molar-refractivity contribution is 0.0732. The molecule has 0 spiro atoms. The highest BCUT2D eigenvalue weighted by Gasteiger charge is 2.16. The number of rotatable bonds is 5. The number of ether oxygens (including phenoxy) is 1. The van der Waals surface area contributed by atoms with Crippen molar-refractivity contribution in [2.24, 2.45) is 0 Å². The number of carbonyl (C=O) groups excluding carboxylic acids is 1. The van der Waals surface area contributed by atoms with Gasteiger partial charge in [0.1, 0.15) is 5.75 Å². The number of nitrogens with one attached hydrogen (secondary N) is 1. The number of benzene rings is 2. The molecule has 0 saturated carbocycles. The van der Waals surface area contributed by atoms with Crippen molar-refractivity contribution in [3.05, 3.63) is 95.9 Å². The summed E-state index contributed by atoms with van der Waals surface area (Å²) in [5.74, 6) is 0.746. The molecule has 29 heavy (non-hydrogen) atoms. The van der Waals surface area contributed by atoms with Crippen molar-refractivity contribution in [2.75, 3.05) is 5.32 Å². The highest BCUT2D eigenvalue weighted by Crippen LogP contribution is 2.24. The molecule has 0 aliphatic heterocycles. The van der Waals surface area contributed by atoms with E-state index < -0.39 is 5.97 Å². The second-order valence-electron chi connectivity index (χ2n) is 6.67. The number of para-hydroxylation sites is 1. The molecule has 144 valence electrons. The fourth-order valence-corrected chi connectivity index (χ4v) is 3.19. The SMILES string of the molecule is Cc1cc(Nc2ccn(-c3ccccc3)n2)cc(C)c1C(=O)Oc1cccnc1. The van der Waals surface area contributed by atoms with Gasteiger partial charge in [0.05, 0.1) is 17.4 Å². The van der Waals surface area contributed by atoms with Crippen LogP contribution in [0.25, 0.3) is 5.69 Å². The molecule has 0 amide bonds. The fourth-order valence-electron chi connectivity index (χ4n) is 3.19. The summed E-state index contributed by atoms with van der Waals surface area (Å²) in [6.07, 6.45) is 5.05. The molecule has 0 aliphatic carbocycles. The maximum absolute atomic E-state index is 12.6. The first-order valence-corrected chi connectivity index (χ1v) is 9.22. The summed E-state index contributed by atoms with van der Waals surface area (Å²) in [7, 11) is 0. The smallest absolute Gasteiger partial charge is 0.344 e. The van der Waals surface area contributed by atoms with E-state index in [1.54, 1.807) is 18.3 Å². The van der Waals surface area contributed by atoms with Gasteiger partial charge < -0.3 is 10.1 Å². The number of carbonyl (C=O) groups is 1. The first-order valence-electron chi connectivity index (χ1n) is 9.22. The van der Waals surface area contributed by atoms with Gasteiger partial charge in [-0.1, -0.05) is 18.2 Å². The minimum absolute atomic E-state index is 0.395.